The van der Waals surface area contributed by atoms with E-state index in [1.165, 1.54) is 25.7 Å². The van der Waals surface area contributed by atoms with Crippen molar-refractivity contribution in [3.63, 3.8) is 0 Å². The first-order chi connectivity index (χ1) is 9.28. The van der Waals surface area contributed by atoms with Crippen LogP contribution in [0.15, 0.2) is 6.20 Å². The number of imidazole rings is 1. The lowest BCUT2D eigenvalue weighted by Crippen LogP contribution is -2.26. The van der Waals surface area contributed by atoms with Crippen molar-refractivity contribution in [2.75, 3.05) is 19.0 Å². The molecule has 0 radical (unpaired) electrons. The van der Waals surface area contributed by atoms with E-state index in [9.17, 15) is 0 Å². The van der Waals surface area contributed by atoms with Crippen LogP contribution in [0.25, 0.3) is 0 Å². The fraction of sp³-hybridized carbons (Fsp3) is 0.800. The molecular formula is C15H25N3O. The molecule has 1 heterocycles. The number of hydrogen-bond donors (Lipinski definition) is 1. The van der Waals surface area contributed by atoms with E-state index >= 15 is 0 Å². The predicted molar refractivity (Wildman–Crippen MR) is 76.3 cm³/mol. The lowest BCUT2D eigenvalue weighted by atomic mass is 10.1. The van der Waals surface area contributed by atoms with Crippen molar-refractivity contribution in [2.24, 2.45) is 11.8 Å². The Balaban J connectivity index is 1.64. The van der Waals surface area contributed by atoms with E-state index < -0.39 is 0 Å². The van der Waals surface area contributed by atoms with Crippen LogP contribution in [0, 0.1) is 18.8 Å². The molecule has 2 saturated carbocycles. The number of aryl methyl sites for hydroxylation is 2. The number of nitrogens with zero attached hydrogens (tertiary/aromatic N) is 2. The van der Waals surface area contributed by atoms with E-state index in [4.69, 9.17) is 4.74 Å². The van der Waals surface area contributed by atoms with Gasteiger partial charge in [0.1, 0.15) is 0 Å². The Labute approximate surface area is 115 Å². The monoisotopic (exact) mass is 263 g/mol. The minimum Gasteiger partial charge on any atom is -0.385 e. The Morgan fingerprint density at radius 1 is 1.37 bits per heavy atom. The molecule has 19 heavy (non-hydrogen) atoms. The predicted octanol–water partition coefficient (Wildman–Crippen LogP) is 2.83. The third kappa shape index (κ3) is 3.30. The highest BCUT2D eigenvalue weighted by atomic mass is 16.5. The first-order valence-corrected chi connectivity index (χ1v) is 7.57. The minimum atomic E-state index is 0.669. The van der Waals surface area contributed by atoms with Gasteiger partial charge < -0.3 is 14.6 Å². The Morgan fingerprint density at radius 3 is 2.63 bits per heavy atom. The van der Waals surface area contributed by atoms with Crippen LogP contribution in [0.1, 0.15) is 37.8 Å². The summed E-state index contributed by atoms with van der Waals surface area (Å²) < 4.78 is 7.39. The molecule has 106 valence electrons. The molecule has 1 aromatic rings. The Hall–Kier alpha value is -1.03. The van der Waals surface area contributed by atoms with Crippen LogP contribution in [-0.2, 0) is 11.3 Å². The van der Waals surface area contributed by atoms with E-state index in [1.807, 2.05) is 0 Å². The van der Waals surface area contributed by atoms with Crippen molar-refractivity contribution in [1.82, 2.24) is 9.55 Å². The van der Waals surface area contributed by atoms with Gasteiger partial charge in [-0.3, -0.25) is 0 Å². The molecular weight excluding hydrogens is 238 g/mol. The molecule has 0 aliphatic heterocycles. The number of methoxy groups -OCH3 is 1. The molecule has 0 aromatic carbocycles. The molecule has 3 rings (SSSR count). The second-order valence-electron chi connectivity index (χ2n) is 6.09. The number of anilines is 1. The van der Waals surface area contributed by atoms with Gasteiger partial charge in [0.15, 0.2) is 0 Å². The number of hydrogen-bond acceptors (Lipinski definition) is 3. The Kier molecular flexibility index (Phi) is 3.78. The Bertz CT molecular complexity index is 409. The van der Waals surface area contributed by atoms with Crippen molar-refractivity contribution in [1.29, 1.82) is 0 Å². The zero-order valence-electron chi connectivity index (χ0n) is 12.1. The van der Waals surface area contributed by atoms with E-state index in [0.29, 0.717) is 6.04 Å². The SMILES string of the molecule is COCCCn1cc(C)nc1NC(C1CC1)C1CC1. The maximum atomic E-state index is 5.13. The molecule has 0 amide bonds. The fourth-order valence-electron chi connectivity index (χ4n) is 2.89. The summed E-state index contributed by atoms with van der Waals surface area (Å²) in [4.78, 5) is 4.66. The summed E-state index contributed by atoms with van der Waals surface area (Å²) >= 11 is 0. The van der Waals surface area contributed by atoms with Gasteiger partial charge in [-0.1, -0.05) is 0 Å². The van der Waals surface area contributed by atoms with Crippen molar-refractivity contribution in [3.8, 4) is 0 Å². The molecule has 2 aliphatic rings. The van der Waals surface area contributed by atoms with E-state index in [-0.39, 0.29) is 0 Å². The van der Waals surface area contributed by atoms with Crippen molar-refractivity contribution in [2.45, 2.75) is 51.6 Å². The highest BCUT2D eigenvalue weighted by Gasteiger charge is 2.41. The van der Waals surface area contributed by atoms with E-state index in [2.05, 4.69) is 28.0 Å². The quantitative estimate of drug-likeness (QED) is 0.733. The van der Waals surface area contributed by atoms with Gasteiger partial charge in [-0.25, -0.2) is 4.98 Å². The number of rotatable bonds is 8. The molecule has 1 aromatic heterocycles. The summed E-state index contributed by atoms with van der Waals surface area (Å²) in [7, 11) is 1.76. The summed E-state index contributed by atoms with van der Waals surface area (Å²) in [6, 6.07) is 0.669. The minimum absolute atomic E-state index is 0.669. The number of ether oxygens (including phenoxy) is 1. The van der Waals surface area contributed by atoms with Gasteiger partial charge in [-0.05, 0) is 50.9 Å². The molecule has 4 nitrogen and oxygen atoms in total. The van der Waals surface area contributed by atoms with Crippen molar-refractivity contribution in [3.05, 3.63) is 11.9 Å². The van der Waals surface area contributed by atoms with Crippen LogP contribution < -0.4 is 5.32 Å². The van der Waals surface area contributed by atoms with Crippen LogP contribution in [0.4, 0.5) is 5.95 Å². The van der Waals surface area contributed by atoms with Gasteiger partial charge in [0.05, 0.1) is 5.69 Å². The molecule has 4 heteroatoms. The molecule has 1 N–H and O–H groups in total. The van der Waals surface area contributed by atoms with Crippen LogP contribution >= 0.6 is 0 Å². The maximum Gasteiger partial charge on any atom is 0.203 e. The second kappa shape index (κ2) is 5.53. The molecule has 0 saturated heterocycles. The summed E-state index contributed by atoms with van der Waals surface area (Å²) in [6.45, 7) is 3.87. The normalized spacial score (nSPS) is 19.1. The summed E-state index contributed by atoms with van der Waals surface area (Å²) in [6.07, 6.45) is 8.79. The van der Waals surface area contributed by atoms with Crippen LogP contribution in [0.5, 0.6) is 0 Å². The average molecular weight is 263 g/mol. The number of nitrogens with one attached hydrogen (secondary N) is 1. The molecule has 0 spiro atoms. The largest absolute Gasteiger partial charge is 0.385 e. The lowest BCUT2D eigenvalue weighted by Gasteiger charge is -2.19. The molecule has 0 atom stereocenters. The third-order valence-corrected chi connectivity index (χ3v) is 4.20. The number of aromatic nitrogens is 2. The second-order valence-corrected chi connectivity index (χ2v) is 6.09. The smallest absolute Gasteiger partial charge is 0.203 e. The van der Waals surface area contributed by atoms with Gasteiger partial charge in [0.2, 0.25) is 5.95 Å². The standard InChI is InChI=1S/C15H25N3O/c1-11-10-18(8-3-9-19-2)15(16-11)17-14(12-4-5-12)13-6-7-13/h10,12-14H,3-9H2,1-2H3,(H,16,17). The van der Waals surface area contributed by atoms with Gasteiger partial charge in [-0.15, -0.1) is 0 Å². The first kappa shape index (κ1) is 13.0. The van der Waals surface area contributed by atoms with Gasteiger partial charge >= 0.3 is 0 Å². The topological polar surface area (TPSA) is 39.1 Å². The summed E-state index contributed by atoms with van der Waals surface area (Å²) in [5.74, 6) is 2.87. The Morgan fingerprint density at radius 2 is 2.05 bits per heavy atom. The first-order valence-electron chi connectivity index (χ1n) is 7.57. The van der Waals surface area contributed by atoms with Gasteiger partial charge in [-0.2, -0.15) is 0 Å². The van der Waals surface area contributed by atoms with Crippen LogP contribution in [0.3, 0.4) is 0 Å². The lowest BCUT2D eigenvalue weighted by molar-refractivity contribution is 0.190. The molecule has 0 unspecified atom stereocenters. The zero-order valence-corrected chi connectivity index (χ0v) is 12.1. The van der Waals surface area contributed by atoms with Gasteiger partial charge in [0.25, 0.3) is 0 Å². The van der Waals surface area contributed by atoms with Crippen molar-refractivity contribution >= 4 is 5.95 Å². The average Bonchev–Trinajstić information content (AvgIpc) is 3.27. The highest BCUT2D eigenvalue weighted by Crippen LogP contribution is 2.45. The van der Waals surface area contributed by atoms with Gasteiger partial charge in [0, 0.05) is 32.5 Å². The summed E-state index contributed by atoms with van der Waals surface area (Å²) in [5.41, 5.74) is 1.10. The fourth-order valence-corrected chi connectivity index (χ4v) is 2.89. The maximum absolute atomic E-state index is 5.13. The van der Waals surface area contributed by atoms with Crippen LogP contribution in [0.2, 0.25) is 0 Å². The molecule has 0 bridgehead atoms. The molecule has 2 fully saturated rings. The zero-order chi connectivity index (χ0) is 13.2. The van der Waals surface area contributed by atoms with E-state index in [1.54, 1.807) is 7.11 Å². The summed E-state index contributed by atoms with van der Waals surface area (Å²) in [5, 5.41) is 3.73. The van der Waals surface area contributed by atoms with Crippen molar-refractivity contribution < 1.29 is 4.74 Å². The third-order valence-electron chi connectivity index (χ3n) is 4.20. The van der Waals surface area contributed by atoms with E-state index in [0.717, 1.165) is 43.1 Å². The molecule has 2 aliphatic carbocycles. The van der Waals surface area contributed by atoms with Crippen LogP contribution in [-0.4, -0.2) is 29.3 Å². The highest BCUT2D eigenvalue weighted by molar-refractivity contribution is 5.32.